The highest BCUT2D eigenvalue weighted by Crippen LogP contribution is 1.95. The largest absolute Gasteiger partial charge is 0.387 e. The minimum Gasteiger partial charge on any atom is -0.387 e. The molecule has 0 radical (unpaired) electrons. The lowest BCUT2D eigenvalue weighted by atomic mass is 10.1. The Hall–Kier alpha value is -1.80. The van der Waals surface area contributed by atoms with E-state index in [1.54, 1.807) is 0 Å². The molecule has 8 heteroatoms. The zero-order chi connectivity index (χ0) is 14.3. The van der Waals surface area contributed by atoms with E-state index in [2.05, 4.69) is 25.9 Å². The molecule has 2 amide bonds. The summed E-state index contributed by atoms with van der Waals surface area (Å²) in [5.41, 5.74) is 0.524. The van der Waals surface area contributed by atoms with E-state index in [1.807, 2.05) is 6.92 Å². The highest BCUT2D eigenvalue weighted by atomic mass is 16.3. The number of guanidine groups is 1. The van der Waals surface area contributed by atoms with E-state index in [9.17, 15) is 14.7 Å². The SMILES string of the molecule is CCC(O)C1=NCC(=O)NC(NC(C)=O)=NCNC1. The first-order valence-corrected chi connectivity index (χ1v) is 6.06. The average molecular weight is 269 g/mol. The summed E-state index contributed by atoms with van der Waals surface area (Å²) in [5, 5.41) is 17.5. The van der Waals surface area contributed by atoms with Gasteiger partial charge in [-0.15, -0.1) is 0 Å². The highest BCUT2D eigenvalue weighted by Gasteiger charge is 2.13. The van der Waals surface area contributed by atoms with Gasteiger partial charge in [-0.1, -0.05) is 6.92 Å². The van der Waals surface area contributed by atoms with Gasteiger partial charge in [0.25, 0.3) is 0 Å². The Morgan fingerprint density at radius 3 is 2.89 bits per heavy atom. The normalized spacial score (nSPS) is 18.8. The van der Waals surface area contributed by atoms with Gasteiger partial charge in [-0.25, -0.2) is 4.99 Å². The van der Waals surface area contributed by atoms with Crippen molar-refractivity contribution in [1.82, 2.24) is 16.0 Å². The Morgan fingerprint density at radius 1 is 1.53 bits per heavy atom. The number of carbonyl (C=O) groups is 2. The molecule has 0 aromatic carbocycles. The van der Waals surface area contributed by atoms with E-state index in [-0.39, 0.29) is 25.1 Å². The molecule has 1 heterocycles. The van der Waals surface area contributed by atoms with Crippen molar-refractivity contribution in [3.8, 4) is 0 Å². The standard InChI is InChI=1S/C11H19N5O3/c1-3-9(18)8-4-12-6-14-11(15-7(2)17)16-10(19)5-13-8/h9,12,18H,3-6H2,1-2H3,(H2,14,15,16,17,19). The molecule has 1 rings (SSSR count). The van der Waals surface area contributed by atoms with E-state index < -0.39 is 12.0 Å². The van der Waals surface area contributed by atoms with Crippen LogP contribution in [-0.4, -0.2) is 54.5 Å². The van der Waals surface area contributed by atoms with Gasteiger partial charge in [0.15, 0.2) is 0 Å². The van der Waals surface area contributed by atoms with Crippen LogP contribution in [0.1, 0.15) is 20.3 Å². The summed E-state index contributed by atoms with van der Waals surface area (Å²) in [6.07, 6.45) is -0.138. The van der Waals surface area contributed by atoms with Crippen molar-refractivity contribution in [2.45, 2.75) is 26.4 Å². The topological polar surface area (TPSA) is 115 Å². The Labute approximate surface area is 111 Å². The number of nitrogens with zero attached hydrogens (tertiary/aromatic N) is 2. The predicted molar refractivity (Wildman–Crippen MR) is 70.9 cm³/mol. The summed E-state index contributed by atoms with van der Waals surface area (Å²) >= 11 is 0. The summed E-state index contributed by atoms with van der Waals surface area (Å²) in [7, 11) is 0. The summed E-state index contributed by atoms with van der Waals surface area (Å²) in [6.45, 7) is 3.59. The van der Waals surface area contributed by atoms with Gasteiger partial charge in [-0.2, -0.15) is 0 Å². The number of aliphatic imine (C=N–C) groups is 2. The highest BCUT2D eigenvalue weighted by molar-refractivity contribution is 6.05. The first kappa shape index (κ1) is 15.3. The maximum atomic E-state index is 11.6. The van der Waals surface area contributed by atoms with Gasteiger partial charge in [0.2, 0.25) is 17.8 Å². The first-order valence-electron chi connectivity index (χ1n) is 6.06. The molecule has 4 N–H and O–H groups in total. The third kappa shape index (κ3) is 5.58. The second-order valence-corrected chi connectivity index (χ2v) is 4.05. The zero-order valence-electron chi connectivity index (χ0n) is 11.1. The molecule has 1 aliphatic rings. The number of amides is 2. The maximum Gasteiger partial charge on any atom is 0.248 e. The molecule has 106 valence electrons. The van der Waals surface area contributed by atoms with E-state index in [1.165, 1.54) is 6.92 Å². The van der Waals surface area contributed by atoms with Crippen molar-refractivity contribution >= 4 is 23.5 Å². The lowest BCUT2D eigenvalue weighted by Gasteiger charge is -2.15. The number of carbonyl (C=O) groups excluding carboxylic acids is 2. The number of hydrogen-bond acceptors (Lipinski definition) is 6. The Bertz CT molecular complexity index is 405. The molecule has 1 atom stereocenters. The fraction of sp³-hybridized carbons (Fsp3) is 0.636. The van der Waals surface area contributed by atoms with Crippen LogP contribution in [0, 0.1) is 0 Å². The summed E-state index contributed by atoms with van der Waals surface area (Å²) in [4.78, 5) is 30.6. The summed E-state index contributed by atoms with van der Waals surface area (Å²) in [5.74, 6) is -0.614. The van der Waals surface area contributed by atoms with Crippen LogP contribution in [0.2, 0.25) is 0 Å². The van der Waals surface area contributed by atoms with Crippen molar-refractivity contribution in [3.63, 3.8) is 0 Å². The van der Waals surface area contributed by atoms with Crippen molar-refractivity contribution < 1.29 is 14.7 Å². The molecule has 0 fully saturated rings. The van der Waals surface area contributed by atoms with Crippen LogP contribution in [0.3, 0.4) is 0 Å². The number of aliphatic hydroxyl groups is 1. The predicted octanol–water partition coefficient (Wildman–Crippen LogP) is -1.63. The van der Waals surface area contributed by atoms with Crippen LogP contribution in [-0.2, 0) is 9.59 Å². The lowest BCUT2D eigenvalue weighted by Crippen LogP contribution is -2.45. The molecular formula is C11H19N5O3. The van der Waals surface area contributed by atoms with Gasteiger partial charge in [0, 0.05) is 13.5 Å². The van der Waals surface area contributed by atoms with Crippen LogP contribution in [0.25, 0.3) is 0 Å². The zero-order valence-corrected chi connectivity index (χ0v) is 11.1. The molecule has 0 aromatic heterocycles. The molecule has 0 bridgehead atoms. The number of hydrogen-bond donors (Lipinski definition) is 4. The lowest BCUT2D eigenvalue weighted by molar-refractivity contribution is -0.118. The van der Waals surface area contributed by atoms with E-state index in [0.29, 0.717) is 18.7 Å². The first-order chi connectivity index (χ1) is 9.02. The minimum atomic E-state index is -0.668. The van der Waals surface area contributed by atoms with Crippen LogP contribution in [0.15, 0.2) is 9.98 Å². The third-order valence-corrected chi connectivity index (χ3v) is 2.40. The average Bonchev–Trinajstić information content (AvgIpc) is 2.36. The minimum absolute atomic E-state index is 0.0969. The van der Waals surface area contributed by atoms with Crippen LogP contribution in [0.4, 0.5) is 0 Å². The molecule has 0 aliphatic carbocycles. The van der Waals surface area contributed by atoms with Gasteiger partial charge in [0.05, 0.1) is 18.5 Å². The van der Waals surface area contributed by atoms with Crippen LogP contribution < -0.4 is 16.0 Å². The van der Waals surface area contributed by atoms with Gasteiger partial charge in [0.1, 0.15) is 6.54 Å². The summed E-state index contributed by atoms with van der Waals surface area (Å²) < 4.78 is 0. The molecule has 1 unspecified atom stereocenters. The van der Waals surface area contributed by atoms with Crippen molar-refractivity contribution in [2.75, 3.05) is 19.8 Å². The van der Waals surface area contributed by atoms with Gasteiger partial charge in [-0.3, -0.25) is 30.5 Å². The molecule has 0 saturated heterocycles. The second kappa shape index (κ2) is 7.59. The Kier molecular flexibility index (Phi) is 6.10. The van der Waals surface area contributed by atoms with Crippen molar-refractivity contribution in [3.05, 3.63) is 0 Å². The molecule has 1 aliphatic heterocycles. The smallest absolute Gasteiger partial charge is 0.248 e. The Morgan fingerprint density at radius 2 is 2.26 bits per heavy atom. The number of nitrogens with one attached hydrogen (secondary N) is 3. The van der Waals surface area contributed by atoms with Crippen molar-refractivity contribution in [2.24, 2.45) is 9.98 Å². The number of rotatable bonds is 2. The fourth-order valence-corrected chi connectivity index (χ4v) is 1.46. The van der Waals surface area contributed by atoms with Crippen molar-refractivity contribution in [1.29, 1.82) is 0 Å². The fourth-order valence-electron chi connectivity index (χ4n) is 1.46. The molecule has 19 heavy (non-hydrogen) atoms. The molecule has 0 saturated carbocycles. The van der Waals surface area contributed by atoms with E-state index in [4.69, 9.17) is 0 Å². The van der Waals surface area contributed by atoms with E-state index in [0.717, 1.165) is 0 Å². The van der Waals surface area contributed by atoms with Crippen LogP contribution >= 0.6 is 0 Å². The summed E-state index contributed by atoms with van der Waals surface area (Å²) in [6, 6.07) is 0. The second-order valence-electron chi connectivity index (χ2n) is 4.05. The van der Waals surface area contributed by atoms with Gasteiger partial charge in [-0.05, 0) is 6.42 Å². The monoisotopic (exact) mass is 269 g/mol. The van der Waals surface area contributed by atoms with E-state index >= 15 is 0 Å². The van der Waals surface area contributed by atoms with Gasteiger partial charge >= 0.3 is 0 Å². The van der Waals surface area contributed by atoms with Gasteiger partial charge < -0.3 is 5.11 Å². The Balaban J connectivity index is 2.72. The molecule has 0 spiro atoms. The maximum absolute atomic E-state index is 11.6. The molecular weight excluding hydrogens is 250 g/mol. The molecule has 8 nitrogen and oxygen atoms in total. The molecule has 0 aromatic rings. The quantitative estimate of drug-likeness (QED) is 0.481. The van der Waals surface area contributed by atoms with Crippen LogP contribution in [0.5, 0.6) is 0 Å². The number of aliphatic hydroxyl groups excluding tert-OH is 1. The third-order valence-electron chi connectivity index (χ3n) is 2.40.